The van der Waals surface area contributed by atoms with Crippen LogP contribution in [0.1, 0.15) is 45.7 Å². The van der Waals surface area contributed by atoms with Crippen molar-refractivity contribution in [3.63, 3.8) is 0 Å². The summed E-state index contributed by atoms with van der Waals surface area (Å²) in [6.07, 6.45) is 0. The van der Waals surface area contributed by atoms with Gasteiger partial charge in [0.15, 0.2) is 0 Å². The molecule has 17 heavy (non-hydrogen) atoms. The maximum Gasteiger partial charge on any atom is 0.120 e. The predicted octanol–water partition coefficient (Wildman–Crippen LogP) is 2.54. The molecule has 96 valence electrons. The normalized spacial score (nSPS) is 12.6. The third-order valence-electron chi connectivity index (χ3n) is 2.63. The molecular formula is C14H22O3. The number of benzene rings is 1. The average Bonchev–Trinajstić information content (AvgIpc) is 2.15. The van der Waals surface area contributed by atoms with Crippen molar-refractivity contribution in [2.45, 2.75) is 45.8 Å². The van der Waals surface area contributed by atoms with E-state index in [-0.39, 0.29) is 0 Å². The Bertz CT molecular complexity index is 351. The fourth-order valence-corrected chi connectivity index (χ4v) is 1.56. The van der Waals surface area contributed by atoms with Gasteiger partial charge in [-0.1, -0.05) is 0 Å². The Morgan fingerprint density at radius 3 is 1.65 bits per heavy atom. The standard InChI is InChI=1S/C14H22O3/c1-6-17-12-8-10(13(2,3)15)7-11(9-12)14(4,5)16/h7-9,15-16H,6H2,1-5H3. The summed E-state index contributed by atoms with van der Waals surface area (Å²) < 4.78 is 5.46. The van der Waals surface area contributed by atoms with Crippen molar-refractivity contribution in [3.8, 4) is 5.75 Å². The maximum absolute atomic E-state index is 10.0. The highest BCUT2D eigenvalue weighted by atomic mass is 16.5. The van der Waals surface area contributed by atoms with Crippen LogP contribution in [0.2, 0.25) is 0 Å². The zero-order valence-electron chi connectivity index (χ0n) is 11.2. The Morgan fingerprint density at radius 2 is 1.35 bits per heavy atom. The third kappa shape index (κ3) is 3.72. The van der Waals surface area contributed by atoms with E-state index < -0.39 is 11.2 Å². The average molecular weight is 238 g/mol. The minimum atomic E-state index is -0.951. The van der Waals surface area contributed by atoms with Crippen LogP contribution >= 0.6 is 0 Å². The van der Waals surface area contributed by atoms with Gasteiger partial charge in [-0.15, -0.1) is 0 Å². The van der Waals surface area contributed by atoms with Crippen molar-refractivity contribution in [2.24, 2.45) is 0 Å². The molecule has 0 aliphatic heterocycles. The monoisotopic (exact) mass is 238 g/mol. The van der Waals surface area contributed by atoms with Crippen LogP contribution in [0.25, 0.3) is 0 Å². The van der Waals surface area contributed by atoms with E-state index in [1.807, 2.05) is 13.0 Å². The van der Waals surface area contributed by atoms with Gasteiger partial charge in [0, 0.05) is 0 Å². The Balaban J connectivity index is 3.29. The van der Waals surface area contributed by atoms with Gasteiger partial charge in [-0.25, -0.2) is 0 Å². The number of ether oxygens (including phenoxy) is 1. The molecule has 0 aliphatic carbocycles. The van der Waals surface area contributed by atoms with Crippen LogP contribution in [0.4, 0.5) is 0 Å². The molecule has 0 radical (unpaired) electrons. The molecule has 0 aromatic heterocycles. The van der Waals surface area contributed by atoms with E-state index >= 15 is 0 Å². The molecular weight excluding hydrogens is 216 g/mol. The van der Waals surface area contributed by atoms with Crippen LogP contribution in [0.15, 0.2) is 18.2 Å². The quantitative estimate of drug-likeness (QED) is 0.847. The smallest absolute Gasteiger partial charge is 0.120 e. The Hall–Kier alpha value is -1.06. The van der Waals surface area contributed by atoms with E-state index in [0.29, 0.717) is 12.4 Å². The molecule has 0 heterocycles. The highest BCUT2D eigenvalue weighted by Gasteiger charge is 2.23. The van der Waals surface area contributed by atoms with Crippen molar-refractivity contribution in [2.75, 3.05) is 6.61 Å². The molecule has 0 aliphatic rings. The molecule has 3 nitrogen and oxygen atoms in total. The first kappa shape index (κ1) is 14.0. The molecule has 1 aromatic carbocycles. The zero-order valence-corrected chi connectivity index (χ0v) is 11.2. The van der Waals surface area contributed by atoms with Gasteiger partial charge < -0.3 is 14.9 Å². The Kier molecular flexibility index (Phi) is 3.84. The first-order valence-electron chi connectivity index (χ1n) is 5.88. The second kappa shape index (κ2) is 4.67. The van der Waals surface area contributed by atoms with E-state index in [2.05, 4.69) is 0 Å². The molecule has 0 spiro atoms. The van der Waals surface area contributed by atoms with Crippen molar-refractivity contribution in [1.29, 1.82) is 0 Å². The highest BCUT2D eigenvalue weighted by molar-refractivity contribution is 5.39. The summed E-state index contributed by atoms with van der Waals surface area (Å²) in [5.74, 6) is 0.671. The Morgan fingerprint density at radius 1 is 0.941 bits per heavy atom. The molecule has 0 saturated carbocycles. The summed E-state index contributed by atoms with van der Waals surface area (Å²) in [6.45, 7) is 9.32. The second-order valence-corrected chi connectivity index (χ2v) is 5.30. The summed E-state index contributed by atoms with van der Waals surface area (Å²) in [5, 5.41) is 20.1. The van der Waals surface area contributed by atoms with Gasteiger partial charge in [0.2, 0.25) is 0 Å². The summed E-state index contributed by atoms with van der Waals surface area (Å²) in [5.41, 5.74) is -0.429. The van der Waals surface area contributed by atoms with Crippen LogP contribution in [-0.4, -0.2) is 16.8 Å². The van der Waals surface area contributed by atoms with Crippen LogP contribution in [0.5, 0.6) is 5.75 Å². The van der Waals surface area contributed by atoms with Crippen LogP contribution in [-0.2, 0) is 11.2 Å². The minimum Gasteiger partial charge on any atom is -0.494 e. The van der Waals surface area contributed by atoms with Crippen molar-refractivity contribution >= 4 is 0 Å². The van der Waals surface area contributed by atoms with Crippen LogP contribution < -0.4 is 4.74 Å². The molecule has 0 saturated heterocycles. The molecule has 2 N–H and O–H groups in total. The second-order valence-electron chi connectivity index (χ2n) is 5.30. The van der Waals surface area contributed by atoms with Crippen molar-refractivity contribution in [1.82, 2.24) is 0 Å². The third-order valence-corrected chi connectivity index (χ3v) is 2.63. The SMILES string of the molecule is CCOc1cc(C(C)(C)O)cc(C(C)(C)O)c1. The van der Waals surface area contributed by atoms with E-state index in [0.717, 1.165) is 11.1 Å². The number of rotatable bonds is 4. The summed E-state index contributed by atoms with van der Waals surface area (Å²) in [6, 6.07) is 5.42. The fourth-order valence-electron chi connectivity index (χ4n) is 1.56. The highest BCUT2D eigenvalue weighted by Crippen LogP contribution is 2.30. The zero-order chi connectivity index (χ0) is 13.3. The van der Waals surface area contributed by atoms with Gasteiger partial charge in [-0.2, -0.15) is 0 Å². The van der Waals surface area contributed by atoms with Crippen LogP contribution in [0, 0.1) is 0 Å². The molecule has 0 bridgehead atoms. The van der Waals surface area contributed by atoms with E-state index in [1.54, 1.807) is 39.8 Å². The van der Waals surface area contributed by atoms with Gasteiger partial charge in [0.25, 0.3) is 0 Å². The number of hydrogen-bond donors (Lipinski definition) is 2. The Labute approximate surface area is 103 Å². The minimum absolute atomic E-state index is 0.556. The molecule has 0 unspecified atom stereocenters. The number of hydrogen-bond acceptors (Lipinski definition) is 3. The molecule has 0 amide bonds. The lowest BCUT2D eigenvalue weighted by Gasteiger charge is -2.24. The molecule has 0 fully saturated rings. The van der Waals surface area contributed by atoms with Gasteiger partial charge in [-0.05, 0) is 63.9 Å². The number of aliphatic hydroxyl groups is 2. The van der Waals surface area contributed by atoms with Crippen molar-refractivity contribution in [3.05, 3.63) is 29.3 Å². The summed E-state index contributed by atoms with van der Waals surface area (Å²) in [4.78, 5) is 0. The maximum atomic E-state index is 10.0. The van der Waals surface area contributed by atoms with Crippen molar-refractivity contribution < 1.29 is 14.9 Å². The first-order chi connectivity index (χ1) is 7.64. The van der Waals surface area contributed by atoms with Gasteiger partial charge in [-0.3, -0.25) is 0 Å². The summed E-state index contributed by atoms with van der Waals surface area (Å²) in [7, 11) is 0. The largest absolute Gasteiger partial charge is 0.494 e. The molecule has 3 heteroatoms. The molecule has 0 atom stereocenters. The predicted molar refractivity (Wildman–Crippen MR) is 68.1 cm³/mol. The summed E-state index contributed by atoms with van der Waals surface area (Å²) >= 11 is 0. The molecule has 1 rings (SSSR count). The fraction of sp³-hybridized carbons (Fsp3) is 0.571. The first-order valence-corrected chi connectivity index (χ1v) is 5.88. The topological polar surface area (TPSA) is 49.7 Å². The van der Waals surface area contributed by atoms with E-state index in [4.69, 9.17) is 4.74 Å². The lowest BCUT2D eigenvalue weighted by molar-refractivity contribution is 0.0711. The van der Waals surface area contributed by atoms with Gasteiger partial charge in [0.05, 0.1) is 17.8 Å². The molecule has 1 aromatic rings. The van der Waals surface area contributed by atoms with E-state index in [9.17, 15) is 10.2 Å². The van der Waals surface area contributed by atoms with Gasteiger partial charge >= 0.3 is 0 Å². The lowest BCUT2D eigenvalue weighted by atomic mass is 9.90. The lowest BCUT2D eigenvalue weighted by Crippen LogP contribution is -2.20. The van der Waals surface area contributed by atoms with E-state index in [1.165, 1.54) is 0 Å². The van der Waals surface area contributed by atoms with Crippen LogP contribution in [0.3, 0.4) is 0 Å². The van der Waals surface area contributed by atoms with Gasteiger partial charge in [0.1, 0.15) is 5.75 Å².